The number of hydrogen-bond acceptors (Lipinski definition) is 2. The Bertz CT molecular complexity index is 458. The predicted molar refractivity (Wildman–Crippen MR) is 78.3 cm³/mol. The van der Waals surface area contributed by atoms with E-state index >= 15 is 0 Å². The van der Waals surface area contributed by atoms with Crippen LogP contribution < -0.4 is 10.2 Å². The molecule has 1 atom stereocenters. The maximum Gasteiger partial charge on any atom is 0.324 e. The lowest BCUT2D eigenvalue weighted by molar-refractivity contribution is 0.208. The molecule has 0 saturated heterocycles. The van der Waals surface area contributed by atoms with Gasteiger partial charge < -0.3 is 10.2 Å². The van der Waals surface area contributed by atoms with Crippen molar-refractivity contribution in [3.8, 4) is 0 Å². The highest BCUT2D eigenvalue weighted by Gasteiger charge is 2.29. The first-order valence-electron chi connectivity index (χ1n) is 6.82. The van der Waals surface area contributed by atoms with Crippen LogP contribution in [0.25, 0.3) is 0 Å². The molecule has 19 heavy (non-hydrogen) atoms. The molecular formula is C15H23N3O. The van der Waals surface area contributed by atoms with Crippen LogP contribution in [0.5, 0.6) is 0 Å². The van der Waals surface area contributed by atoms with E-state index in [-0.39, 0.29) is 6.03 Å². The van der Waals surface area contributed by atoms with Crippen molar-refractivity contribution in [2.24, 2.45) is 5.92 Å². The third-order valence-electron chi connectivity index (χ3n) is 3.80. The van der Waals surface area contributed by atoms with E-state index in [1.807, 2.05) is 37.2 Å². The Labute approximate surface area is 115 Å². The van der Waals surface area contributed by atoms with Crippen LogP contribution in [0, 0.1) is 5.92 Å². The van der Waals surface area contributed by atoms with Gasteiger partial charge in [0.25, 0.3) is 0 Å². The van der Waals surface area contributed by atoms with Gasteiger partial charge in [0.1, 0.15) is 0 Å². The number of benzene rings is 1. The highest BCUT2D eigenvalue weighted by molar-refractivity contribution is 5.94. The zero-order valence-corrected chi connectivity index (χ0v) is 12.2. The SMILES string of the molecule is CNC(CN1C(=O)N(C)Cc2ccccc21)C(C)C. The van der Waals surface area contributed by atoms with Gasteiger partial charge in [0, 0.05) is 26.2 Å². The molecular weight excluding hydrogens is 238 g/mol. The van der Waals surface area contributed by atoms with E-state index in [1.54, 1.807) is 4.90 Å². The number of urea groups is 1. The molecule has 0 fully saturated rings. The van der Waals surface area contributed by atoms with Crippen LogP contribution >= 0.6 is 0 Å². The van der Waals surface area contributed by atoms with Gasteiger partial charge in [-0.25, -0.2) is 4.79 Å². The lowest BCUT2D eigenvalue weighted by atomic mass is 10.0. The fourth-order valence-electron chi connectivity index (χ4n) is 2.55. The van der Waals surface area contributed by atoms with E-state index in [9.17, 15) is 4.79 Å². The van der Waals surface area contributed by atoms with Gasteiger partial charge in [0.15, 0.2) is 0 Å². The first-order valence-corrected chi connectivity index (χ1v) is 6.82. The van der Waals surface area contributed by atoms with Crippen molar-refractivity contribution in [3.63, 3.8) is 0 Å². The lowest BCUT2D eigenvalue weighted by Gasteiger charge is -2.37. The summed E-state index contributed by atoms with van der Waals surface area (Å²) in [5, 5.41) is 3.30. The Morgan fingerprint density at radius 1 is 1.32 bits per heavy atom. The molecule has 1 N–H and O–H groups in total. The minimum Gasteiger partial charge on any atom is -0.323 e. The third kappa shape index (κ3) is 2.73. The highest BCUT2D eigenvalue weighted by atomic mass is 16.2. The number of likely N-dealkylation sites (N-methyl/N-ethyl adjacent to an activating group) is 1. The van der Waals surface area contributed by atoms with Crippen molar-refractivity contribution in [2.45, 2.75) is 26.4 Å². The van der Waals surface area contributed by atoms with Crippen molar-refractivity contribution >= 4 is 11.7 Å². The second kappa shape index (κ2) is 5.61. The number of rotatable bonds is 4. The minimum atomic E-state index is 0.0830. The standard InChI is InChI=1S/C15H23N3O/c1-11(2)13(16-3)10-18-14-8-6-5-7-12(14)9-17(4)15(18)19/h5-8,11,13,16H,9-10H2,1-4H3. The molecule has 0 aromatic heterocycles. The van der Waals surface area contributed by atoms with Gasteiger partial charge in [-0.05, 0) is 24.6 Å². The van der Waals surface area contributed by atoms with Gasteiger partial charge in [-0.1, -0.05) is 32.0 Å². The Balaban J connectivity index is 2.30. The maximum absolute atomic E-state index is 12.4. The number of hydrogen-bond donors (Lipinski definition) is 1. The van der Waals surface area contributed by atoms with Gasteiger partial charge in [0.2, 0.25) is 0 Å². The van der Waals surface area contributed by atoms with Crippen LogP contribution in [0.1, 0.15) is 19.4 Å². The average molecular weight is 261 g/mol. The fourth-order valence-corrected chi connectivity index (χ4v) is 2.55. The normalized spacial score (nSPS) is 16.8. The van der Waals surface area contributed by atoms with Gasteiger partial charge in [-0.3, -0.25) is 4.90 Å². The van der Waals surface area contributed by atoms with E-state index in [0.717, 1.165) is 5.69 Å². The molecule has 1 unspecified atom stereocenters. The fraction of sp³-hybridized carbons (Fsp3) is 0.533. The van der Waals surface area contributed by atoms with Gasteiger partial charge in [-0.15, -0.1) is 0 Å². The van der Waals surface area contributed by atoms with Crippen molar-refractivity contribution in [3.05, 3.63) is 29.8 Å². The van der Waals surface area contributed by atoms with E-state index in [1.165, 1.54) is 5.56 Å². The zero-order valence-electron chi connectivity index (χ0n) is 12.2. The van der Waals surface area contributed by atoms with E-state index in [4.69, 9.17) is 0 Å². The number of amides is 2. The summed E-state index contributed by atoms with van der Waals surface area (Å²) in [4.78, 5) is 16.0. The van der Waals surface area contributed by atoms with Crippen molar-refractivity contribution in [1.82, 2.24) is 10.2 Å². The molecule has 0 bridgehead atoms. The summed E-state index contributed by atoms with van der Waals surface area (Å²) < 4.78 is 0. The Morgan fingerprint density at radius 2 is 2.00 bits per heavy atom. The van der Waals surface area contributed by atoms with Crippen molar-refractivity contribution in [1.29, 1.82) is 0 Å². The number of carbonyl (C=O) groups excluding carboxylic acids is 1. The van der Waals surface area contributed by atoms with Crippen LogP contribution in [-0.2, 0) is 6.54 Å². The molecule has 0 radical (unpaired) electrons. The summed E-state index contributed by atoms with van der Waals surface area (Å²) in [6.45, 7) is 5.74. The zero-order chi connectivity index (χ0) is 14.0. The molecule has 1 aliphatic heterocycles. The quantitative estimate of drug-likeness (QED) is 0.902. The minimum absolute atomic E-state index is 0.0830. The highest BCUT2D eigenvalue weighted by Crippen LogP contribution is 2.28. The molecule has 4 nitrogen and oxygen atoms in total. The summed E-state index contributed by atoms with van der Waals surface area (Å²) in [7, 11) is 3.81. The third-order valence-corrected chi connectivity index (χ3v) is 3.80. The Kier molecular flexibility index (Phi) is 4.10. The topological polar surface area (TPSA) is 35.6 Å². The number of anilines is 1. The van der Waals surface area contributed by atoms with Gasteiger partial charge >= 0.3 is 6.03 Å². The summed E-state index contributed by atoms with van der Waals surface area (Å²) >= 11 is 0. The largest absolute Gasteiger partial charge is 0.324 e. The number of carbonyl (C=O) groups is 1. The molecule has 1 heterocycles. The summed E-state index contributed by atoms with van der Waals surface area (Å²) in [5.41, 5.74) is 2.26. The Morgan fingerprint density at radius 3 is 2.63 bits per heavy atom. The molecule has 0 aliphatic carbocycles. The molecule has 1 aliphatic rings. The van der Waals surface area contributed by atoms with Crippen LogP contribution in [0.15, 0.2) is 24.3 Å². The molecule has 0 saturated carbocycles. The van der Waals surface area contributed by atoms with Crippen LogP contribution in [0.3, 0.4) is 0 Å². The lowest BCUT2D eigenvalue weighted by Crippen LogP contribution is -2.51. The van der Waals surface area contributed by atoms with E-state index in [2.05, 4.69) is 25.2 Å². The molecule has 2 amide bonds. The number of fused-ring (bicyclic) bond motifs is 1. The van der Waals surface area contributed by atoms with Crippen LogP contribution in [-0.4, -0.2) is 37.6 Å². The van der Waals surface area contributed by atoms with E-state index < -0.39 is 0 Å². The summed E-state index contributed by atoms with van der Waals surface area (Å²) in [6.07, 6.45) is 0. The Hall–Kier alpha value is -1.55. The molecule has 4 heteroatoms. The monoisotopic (exact) mass is 261 g/mol. The van der Waals surface area contributed by atoms with Crippen molar-refractivity contribution < 1.29 is 4.79 Å². The number of nitrogens with one attached hydrogen (secondary N) is 1. The number of nitrogens with zero attached hydrogens (tertiary/aromatic N) is 2. The maximum atomic E-state index is 12.4. The second-order valence-electron chi connectivity index (χ2n) is 5.52. The number of para-hydroxylation sites is 1. The predicted octanol–water partition coefficient (Wildman–Crippen LogP) is 2.30. The van der Waals surface area contributed by atoms with E-state index in [0.29, 0.717) is 25.0 Å². The smallest absolute Gasteiger partial charge is 0.323 e. The van der Waals surface area contributed by atoms with Gasteiger partial charge in [-0.2, -0.15) is 0 Å². The molecule has 1 aromatic rings. The summed E-state index contributed by atoms with van der Waals surface area (Å²) in [5.74, 6) is 0.484. The first-order chi connectivity index (χ1) is 9.04. The van der Waals surface area contributed by atoms with Crippen molar-refractivity contribution in [2.75, 3.05) is 25.5 Å². The summed E-state index contributed by atoms with van der Waals surface area (Å²) in [6, 6.07) is 8.53. The molecule has 104 valence electrons. The van der Waals surface area contributed by atoms with Crippen LogP contribution in [0.2, 0.25) is 0 Å². The molecule has 2 rings (SSSR count). The van der Waals surface area contributed by atoms with Gasteiger partial charge in [0.05, 0.1) is 5.69 Å². The second-order valence-corrected chi connectivity index (χ2v) is 5.52. The molecule has 1 aromatic carbocycles. The van der Waals surface area contributed by atoms with Crippen LogP contribution in [0.4, 0.5) is 10.5 Å². The average Bonchev–Trinajstić information content (AvgIpc) is 2.39. The first kappa shape index (κ1) is 13.9. The molecule has 0 spiro atoms.